The topological polar surface area (TPSA) is 61.8 Å². The lowest BCUT2D eigenvalue weighted by Crippen LogP contribution is -2.30. The average Bonchev–Trinajstić information content (AvgIpc) is 3.27. The van der Waals surface area contributed by atoms with Gasteiger partial charge < -0.3 is 14.2 Å². The van der Waals surface area contributed by atoms with Crippen molar-refractivity contribution < 1.29 is 23.8 Å². The lowest BCUT2D eigenvalue weighted by atomic mass is 10.1. The zero-order valence-corrected chi connectivity index (χ0v) is 40.1. The molecule has 1 atom stereocenters. The third-order valence-electron chi connectivity index (χ3n) is 10.00. The maximum atomic E-state index is 12.8. The molecule has 1 unspecified atom stereocenters. The maximum absolute atomic E-state index is 12.8. The molecule has 0 aliphatic rings. The van der Waals surface area contributed by atoms with Gasteiger partial charge in [0.15, 0.2) is 6.10 Å². The Labute approximate surface area is 382 Å². The van der Waals surface area contributed by atoms with Crippen molar-refractivity contribution in [3.63, 3.8) is 0 Å². The van der Waals surface area contributed by atoms with E-state index in [1.54, 1.807) is 0 Å². The number of esters is 2. The minimum atomic E-state index is -0.598. The largest absolute Gasteiger partial charge is 0.461 e. The summed E-state index contributed by atoms with van der Waals surface area (Å²) in [6.07, 6.45) is 72.3. The molecule has 0 rings (SSSR count). The molecular formula is C57H92O5. The van der Waals surface area contributed by atoms with E-state index in [0.29, 0.717) is 13.0 Å². The molecule has 62 heavy (non-hydrogen) atoms. The highest BCUT2D eigenvalue weighted by atomic mass is 16.6. The van der Waals surface area contributed by atoms with Gasteiger partial charge in [0.2, 0.25) is 0 Å². The van der Waals surface area contributed by atoms with Gasteiger partial charge in [0.05, 0.1) is 13.0 Å². The van der Waals surface area contributed by atoms with E-state index in [2.05, 4.69) is 130 Å². The molecule has 0 N–H and O–H groups in total. The summed E-state index contributed by atoms with van der Waals surface area (Å²) in [5.74, 6) is -0.573. The van der Waals surface area contributed by atoms with Gasteiger partial charge in [-0.1, -0.05) is 200 Å². The van der Waals surface area contributed by atoms with E-state index in [0.717, 1.165) is 103 Å². The van der Waals surface area contributed by atoms with Crippen LogP contribution in [0.3, 0.4) is 0 Å². The predicted octanol–water partition coefficient (Wildman–Crippen LogP) is 17.0. The monoisotopic (exact) mass is 857 g/mol. The Balaban J connectivity index is 4.46. The van der Waals surface area contributed by atoms with E-state index in [-0.39, 0.29) is 31.6 Å². The first-order chi connectivity index (χ1) is 30.6. The molecule has 0 saturated heterocycles. The predicted molar refractivity (Wildman–Crippen MR) is 269 cm³/mol. The van der Waals surface area contributed by atoms with Crippen molar-refractivity contribution in [3.05, 3.63) is 122 Å². The Morgan fingerprint density at radius 3 is 1.26 bits per heavy atom. The van der Waals surface area contributed by atoms with Crippen LogP contribution in [-0.4, -0.2) is 37.9 Å². The highest BCUT2D eigenvalue weighted by molar-refractivity contribution is 5.71. The molecule has 0 aromatic carbocycles. The van der Waals surface area contributed by atoms with Crippen LogP contribution in [0.15, 0.2) is 122 Å². The summed E-state index contributed by atoms with van der Waals surface area (Å²) in [5, 5.41) is 0. The summed E-state index contributed by atoms with van der Waals surface area (Å²) in [6, 6.07) is 0. The van der Waals surface area contributed by atoms with Gasteiger partial charge >= 0.3 is 11.9 Å². The average molecular weight is 857 g/mol. The highest BCUT2D eigenvalue weighted by Crippen LogP contribution is 2.12. The third kappa shape index (κ3) is 49.0. The second-order valence-corrected chi connectivity index (χ2v) is 16.0. The Hall–Kier alpha value is -3.70. The standard InChI is InChI=1S/C57H92O5/c1-4-7-10-13-16-19-22-25-27-28-29-31-34-37-40-43-46-49-52-60-53-55(62-57(59)51-48-45-42-39-36-32-24-21-18-15-12-9-6-3)54-61-56(58)50-47-44-41-38-35-33-30-26-23-20-17-14-11-8-5-2/h7-8,10-11,16-17,19-21,24-27,29-31,35,38,44,47,55H,4-6,9,12-15,18,22-23,28,32-34,36-37,39-43,45-46,48-54H2,1-3H3/b10-7-,11-8-,19-16-,20-17-,24-21-,27-25-,30-26-,31-29-,38-35-,47-44-. The fraction of sp³-hybridized carbons (Fsp3) is 0.614. The normalized spacial score (nSPS) is 13.3. The first-order valence-electron chi connectivity index (χ1n) is 25.1. The van der Waals surface area contributed by atoms with E-state index in [1.807, 2.05) is 12.2 Å². The van der Waals surface area contributed by atoms with Crippen LogP contribution in [0.25, 0.3) is 0 Å². The molecule has 0 aliphatic heterocycles. The van der Waals surface area contributed by atoms with Crippen LogP contribution in [0.2, 0.25) is 0 Å². The van der Waals surface area contributed by atoms with Gasteiger partial charge in [-0.25, -0.2) is 0 Å². The van der Waals surface area contributed by atoms with Gasteiger partial charge in [-0.05, 0) is 109 Å². The zero-order valence-electron chi connectivity index (χ0n) is 40.1. The molecule has 0 saturated carbocycles. The summed E-state index contributed by atoms with van der Waals surface area (Å²) in [7, 11) is 0. The summed E-state index contributed by atoms with van der Waals surface area (Å²) >= 11 is 0. The number of rotatable bonds is 44. The molecule has 0 heterocycles. The molecule has 0 radical (unpaired) electrons. The second-order valence-electron chi connectivity index (χ2n) is 16.0. The van der Waals surface area contributed by atoms with Crippen molar-refractivity contribution in [1.82, 2.24) is 0 Å². The SMILES string of the molecule is CC/C=C\C/C=C\C/C=C\C/C=C\C/C=C\CC(=O)OCC(COCCCCCCC/C=C\C/C=C\C/C=C\C/C=C\CC)OC(=O)CCCCCCC/C=C\CCCCCC. The summed E-state index contributed by atoms with van der Waals surface area (Å²) in [4.78, 5) is 25.3. The molecule has 5 nitrogen and oxygen atoms in total. The van der Waals surface area contributed by atoms with Crippen LogP contribution in [0.1, 0.15) is 201 Å². The Bertz CT molecular complexity index is 1290. The number of carbonyl (C=O) groups excluding carboxylic acids is 2. The molecule has 0 aromatic rings. The minimum Gasteiger partial charge on any atom is -0.461 e. The van der Waals surface area contributed by atoms with Crippen LogP contribution >= 0.6 is 0 Å². The molecule has 0 amide bonds. The molecular weight excluding hydrogens is 765 g/mol. The van der Waals surface area contributed by atoms with Crippen LogP contribution in [0, 0.1) is 0 Å². The summed E-state index contributed by atoms with van der Waals surface area (Å²) in [5.41, 5.74) is 0. The third-order valence-corrected chi connectivity index (χ3v) is 10.00. The van der Waals surface area contributed by atoms with Crippen molar-refractivity contribution in [2.45, 2.75) is 207 Å². The quantitative estimate of drug-likeness (QED) is 0.0347. The van der Waals surface area contributed by atoms with Gasteiger partial charge in [-0.15, -0.1) is 0 Å². The summed E-state index contributed by atoms with van der Waals surface area (Å²) < 4.78 is 17.3. The van der Waals surface area contributed by atoms with E-state index in [9.17, 15) is 9.59 Å². The molecule has 5 heteroatoms. The fourth-order valence-corrected chi connectivity index (χ4v) is 6.33. The number of unbranched alkanes of at least 4 members (excludes halogenated alkanes) is 14. The van der Waals surface area contributed by atoms with Crippen molar-refractivity contribution in [2.24, 2.45) is 0 Å². The first-order valence-corrected chi connectivity index (χ1v) is 25.1. The fourth-order valence-electron chi connectivity index (χ4n) is 6.33. The van der Waals surface area contributed by atoms with E-state index in [1.165, 1.54) is 64.2 Å². The molecule has 0 fully saturated rings. The highest BCUT2D eigenvalue weighted by Gasteiger charge is 2.17. The lowest BCUT2D eigenvalue weighted by Gasteiger charge is -2.18. The molecule has 0 aliphatic carbocycles. The molecule has 0 aromatic heterocycles. The van der Waals surface area contributed by atoms with Gasteiger partial charge in [-0.3, -0.25) is 9.59 Å². The maximum Gasteiger partial charge on any atom is 0.309 e. The van der Waals surface area contributed by atoms with Gasteiger partial charge in [-0.2, -0.15) is 0 Å². The lowest BCUT2D eigenvalue weighted by molar-refractivity contribution is -0.162. The van der Waals surface area contributed by atoms with Crippen LogP contribution in [-0.2, 0) is 23.8 Å². The molecule has 0 spiro atoms. The van der Waals surface area contributed by atoms with Crippen molar-refractivity contribution in [3.8, 4) is 0 Å². The number of carbonyl (C=O) groups is 2. The number of hydrogen-bond donors (Lipinski definition) is 0. The van der Waals surface area contributed by atoms with E-state index < -0.39 is 6.10 Å². The van der Waals surface area contributed by atoms with Crippen molar-refractivity contribution in [2.75, 3.05) is 19.8 Å². The second kappa shape index (κ2) is 51.6. The number of hydrogen-bond acceptors (Lipinski definition) is 5. The van der Waals surface area contributed by atoms with Crippen molar-refractivity contribution >= 4 is 11.9 Å². The van der Waals surface area contributed by atoms with E-state index in [4.69, 9.17) is 14.2 Å². The van der Waals surface area contributed by atoms with Gasteiger partial charge in [0.25, 0.3) is 0 Å². The van der Waals surface area contributed by atoms with Crippen LogP contribution < -0.4 is 0 Å². The van der Waals surface area contributed by atoms with Crippen LogP contribution in [0.4, 0.5) is 0 Å². The molecule has 0 bridgehead atoms. The summed E-state index contributed by atoms with van der Waals surface area (Å²) in [6.45, 7) is 7.41. The zero-order chi connectivity index (χ0) is 44.9. The minimum absolute atomic E-state index is 0.0126. The smallest absolute Gasteiger partial charge is 0.309 e. The molecule has 350 valence electrons. The Kier molecular flexibility index (Phi) is 48.6. The van der Waals surface area contributed by atoms with Crippen LogP contribution in [0.5, 0.6) is 0 Å². The van der Waals surface area contributed by atoms with Crippen molar-refractivity contribution in [1.29, 1.82) is 0 Å². The Morgan fingerprint density at radius 2 is 0.774 bits per heavy atom. The van der Waals surface area contributed by atoms with Gasteiger partial charge in [0, 0.05) is 13.0 Å². The first kappa shape index (κ1) is 58.3. The van der Waals surface area contributed by atoms with Gasteiger partial charge in [0.1, 0.15) is 6.61 Å². The number of allylic oxidation sites excluding steroid dienone is 19. The van der Waals surface area contributed by atoms with E-state index >= 15 is 0 Å². The number of ether oxygens (including phenoxy) is 3. The Morgan fingerprint density at radius 1 is 0.387 bits per heavy atom.